The third-order valence-electron chi connectivity index (χ3n) is 2.98. The zero-order valence-electron chi connectivity index (χ0n) is 11.2. The molecule has 4 nitrogen and oxygen atoms in total. The van der Waals surface area contributed by atoms with Crippen molar-refractivity contribution in [3.8, 4) is 0 Å². The van der Waals surface area contributed by atoms with Crippen molar-refractivity contribution in [3.63, 3.8) is 0 Å². The summed E-state index contributed by atoms with van der Waals surface area (Å²) in [7, 11) is 0. The molecule has 0 bridgehead atoms. The first-order valence-electron chi connectivity index (χ1n) is 6.48. The van der Waals surface area contributed by atoms with E-state index in [0.29, 0.717) is 0 Å². The van der Waals surface area contributed by atoms with Gasteiger partial charge in [-0.3, -0.25) is 9.69 Å². The maximum atomic E-state index is 12.4. The van der Waals surface area contributed by atoms with Gasteiger partial charge in [0.1, 0.15) is 6.04 Å². The first kappa shape index (κ1) is 16.2. The van der Waals surface area contributed by atoms with Crippen LogP contribution >= 0.6 is 0 Å². The molecule has 1 rings (SSSR count). The van der Waals surface area contributed by atoms with Gasteiger partial charge in [0.2, 0.25) is 0 Å². The quantitative estimate of drug-likeness (QED) is 0.713. The van der Waals surface area contributed by atoms with E-state index in [9.17, 15) is 18.0 Å². The number of aliphatic carboxylic acids is 1. The van der Waals surface area contributed by atoms with Gasteiger partial charge in [-0.25, -0.2) is 0 Å². The molecule has 1 fully saturated rings. The van der Waals surface area contributed by atoms with Crippen LogP contribution in [0.25, 0.3) is 0 Å². The predicted octanol–water partition coefficient (Wildman–Crippen LogP) is 1.85. The van der Waals surface area contributed by atoms with E-state index in [0.717, 1.165) is 12.8 Å². The van der Waals surface area contributed by atoms with Gasteiger partial charge >= 0.3 is 12.1 Å². The van der Waals surface area contributed by atoms with Crippen molar-refractivity contribution in [2.24, 2.45) is 0 Å². The van der Waals surface area contributed by atoms with Gasteiger partial charge in [0.25, 0.3) is 0 Å². The number of hydrogen-bond donors (Lipinski definition) is 2. The van der Waals surface area contributed by atoms with Crippen LogP contribution in [0.3, 0.4) is 0 Å². The second-order valence-electron chi connectivity index (χ2n) is 5.32. The number of nitrogens with zero attached hydrogens (tertiary/aromatic N) is 1. The number of alkyl halides is 3. The number of halogens is 3. The lowest BCUT2D eigenvalue weighted by molar-refractivity contribution is -0.148. The van der Waals surface area contributed by atoms with Crippen molar-refractivity contribution in [1.82, 2.24) is 10.2 Å². The molecule has 112 valence electrons. The zero-order chi connectivity index (χ0) is 14.6. The summed E-state index contributed by atoms with van der Waals surface area (Å²) in [5, 5.41) is 11.9. The Bertz CT molecular complexity index is 304. The number of rotatable bonds is 8. The summed E-state index contributed by atoms with van der Waals surface area (Å²) in [4.78, 5) is 12.4. The molecule has 1 saturated carbocycles. The fourth-order valence-corrected chi connectivity index (χ4v) is 2.04. The topological polar surface area (TPSA) is 52.6 Å². The molecule has 0 saturated heterocycles. The molecule has 0 spiro atoms. The van der Waals surface area contributed by atoms with E-state index in [1.807, 2.05) is 13.8 Å². The van der Waals surface area contributed by atoms with Crippen LogP contribution in [0, 0.1) is 0 Å². The molecule has 2 N–H and O–H groups in total. The standard InChI is InChI=1S/C12H21F3N2O2/c1-8(2)16-10(11(18)19)5-6-17(9-3-4-9)7-12(13,14)15/h8-10,16H,3-7H2,1-2H3,(H,18,19). The average molecular weight is 282 g/mol. The molecule has 0 aromatic carbocycles. The lowest BCUT2D eigenvalue weighted by Gasteiger charge is -2.25. The van der Waals surface area contributed by atoms with Crippen LogP contribution in [0.4, 0.5) is 13.2 Å². The third kappa shape index (κ3) is 6.77. The van der Waals surface area contributed by atoms with Gasteiger partial charge in [-0.15, -0.1) is 0 Å². The predicted molar refractivity (Wildman–Crippen MR) is 65.0 cm³/mol. The molecule has 0 radical (unpaired) electrons. The van der Waals surface area contributed by atoms with Gasteiger partial charge in [0.15, 0.2) is 0 Å². The van der Waals surface area contributed by atoms with Crippen molar-refractivity contribution in [1.29, 1.82) is 0 Å². The first-order valence-corrected chi connectivity index (χ1v) is 6.48. The second kappa shape index (κ2) is 6.56. The molecular weight excluding hydrogens is 261 g/mol. The minimum Gasteiger partial charge on any atom is -0.480 e. The summed E-state index contributed by atoms with van der Waals surface area (Å²) < 4.78 is 37.2. The first-order chi connectivity index (χ1) is 8.69. The van der Waals surface area contributed by atoms with Crippen LogP contribution in [-0.4, -0.2) is 53.4 Å². The SMILES string of the molecule is CC(C)NC(CCN(CC(F)(F)F)C1CC1)C(=O)O. The van der Waals surface area contributed by atoms with E-state index in [2.05, 4.69) is 5.32 Å². The Hall–Kier alpha value is -0.820. The minimum absolute atomic E-state index is 0.0157. The highest BCUT2D eigenvalue weighted by molar-refractivity contribution is 5.73. The lowest BCUT2D eigenvalue weighted by Crippen LogP contribution is -2.44. The van der Waals surface area contributed by atoms with E-state index in [1.165, 1.54) is 4.90 Å². The molecule has 1 unspecified atom stereocenters. The van der Waals surface area contributed by atoms with Crippen LogP contribution in [0.15, 0.2) is 0 Å². The molecule has 1 aliphatic carbocycles. The summed E-state index contributed by atoms with van der Waals surface area (Å²) in [6.07, 6.45) is -2.51. The van der Waals surface area contributed by atoms with Crippen LogP contribution in [0.5, 0.6) is 0 Å². The van der Waals surface area contributed by atoms with Gasteiger partial charge in [-0.1, -0.05) is 13.8 Å². The fourth-order valence-electron chi connectivity index (χ4n) is 2.04. The fraction of sp³-hybridized carbons (Fsp3) is 0.917. The molecule has 0 amide bonds. The Labute approximate surface area is 111 Å². The highest BCUT2D eigenvalue weighted by Gasteiger charge is 2.38. The maximum absolute atomic E-state index is 12.4. The number of nitrogens with one attached hydrogen (secondary N) is 1. The maximum Gasteiger partial charge on any atom is 0.401 e. The normalized spacial score (nSPS) is 18.1. The number of carbonyl (C=O) groups is 1. The second-order valence-corrected chi connectivity index (χ2v) is 5.32. The Kier molecular flexibility index (Phi) is 5.61. The van der Waals surface area contributed by atoms with Gasteiger partial charge in [0, 0.05) is 18.6 Å². The minimum atomic E-state index is -4.23. The molecule has 19 heavy (non-hydrogen) atoms. The zero-order valence-corrected chi connectivity index (χ0v) is 11.2. The van der Waals surface area contributed by atoms with Gasteiger partial charge < -0.3 is 10.4 Å². The van der Waals surface area contributed by atoms with Crippen molar-refractivity contribution < 1.29 is 23.1 Å². The van der Waals surface area contributed by atoms with Gasteiger partial charge in [0.05, 0.1) is 6.54 Å². The van der Waals surface area contributed by atoms with Crippen LogP contribution in [-0.2, 0) is 4.79 Å². The third-order valence-corrected chi connectivity index (χ3v) is 2.98. The number of carboxylic acids is 1. The highest BCUT2D eigenvalue weighted by atomic mass is 19.4. The van der Waals surface area contributed by atoms with Gasteiger partial charge in [-0.2, -0.15) is 13.2 Å². The summed E-state index contributed by atoms with van der Waals surface area (Å²) >= 11 is 0. The molecule has 1 atom stereocenters. The summed E-state index contributed by atoms with van der Waals surface area (Å²) in [5.41, 5.74) is 0. The Morgan fingerprint density at radius 2 is 2.00 bits per heavy atom. The van der Waals surface area contributed by atoms with Crippen molar-refractivity contribution in [3.05, 3.63) is 0 Å². The van der Waals surface area contributed by atoms with Gasteiger partial charge in [-0.05, 0) is 19.3 Å². The lowest BCUT2D eigenvalue weighted by atomic mass is 10.1. The van der Waals surface area contributed by atoms with Crippen molar-refractivity contribution >= 4 is 5.97 Å². The van der Waals surface area contributed by atoms with Crippen molar-refractivity contribution in [2.45, 2.75) is 57.4 Å². The molecule has 0 aromatic rings. The highest BCUT2D eigenvalue weighted by Crippen LogP contribution is 2.30. The Morgan fingerprint density at radius 3 is 2.37 bits per heavy atom. The smallest absolute Gasteiger partial charge is 0.401 e. The summed E-state index contributed by atoms with van der Waals surface area (Å²) in [6.45, 7) is 2.82. The molecular formula is C12H21F3N2O2. The Morgan fingerprint density at radius 1 is 1.42 bits per heavy atom. The van der Waals surface area contributed by atoms with Crippen LogP contribution in [0.1, 0.15) is 33.1 Å². The number of carboxylic acid groups (broad SMARTS) is 1. The summed E-state index contributed by atoms with van der Waals surface area (Å²) in [6, 6.07) is -0.845. The van der Waals surface area contributed by atoms with E-state index in [1.54, 1.807) is 0 Å². The summed E-state index contributed by atoms with van der Waals surface area (Å²) in [5.74, 6) is -1.02. The largest absolute Gasteiger partial charge is 0.480 e. The molecule has 0 aliphatic heterocycles. The van der Waals surface area contributed by atoms with Crippen LogP contribution < -0.4 is 5.32 Å². The van der Waals surface area contributed by atoms with E-state index in [4.69, 9.17) is 5.11 Å². The average Bonchev–Trinajstić information content (AvgIpc) is 3.03. The van der Waals surface area contributed by atoms with E-state index >= 15 is 0 Å². The van der Waals surface area contributed by atoms with E-state index in [-0.39, 0.29) is 25.0 Å². The number of hydrogen-bond acceptors (Lipinski definition) is 3. The molecule has 1 aliphatic rings. The monoisotopic (exact) mass is 282 g/mol. The Balaban J connectivity index is 2.47. The van der Waals surface area contributed by atoms with Crippen molar-refractivity contribution in [2.75, 3.05) is 13.1 Å². The van der Waals surface area contributed by atoms with E-state index < -0.39 is 24.7 Å². The molecule has 7 heteroatoms. The molecule has 0 heterocycles. The van der Waals surface area contributed by atoms with Crippen LogP contribution in [0.2, 0.25) is 0 Å². The molecule has 0 aromatic heterocycles.